The Bertz CT molecular complexity index is 534. The largest absolute Gasteiger partial charge is 0.381 e. The van der Waals surface area contributed by atoms with Crippen molar-refractivity contribution in [3.8, 4) is 11.3 Å². The Morgan fingerprint density at radius 3 is 2.88 bits per heavy atom. The molecule has 0 saturated heterocycles. The Labute approximate surface area is 99.4 Å². The van der Waals surface area contributed by atoms with E-state index in [1.54, 1.807) is 6.07 Å². The van der Waals surface area contributed by atoms with Gasteiger partial charge in [0.1, 0.15) is 5.82 Å². The second-order valence-electron chi connectivity index (χ2n) is 4.08. The van der Waals surface area contributed by atoms with E-state index in [0.717, 1.165) is 29.5 Å². The molecule has 4 heteroatoms. The number of anilines is 1. The minimum absolute atomic E-state index is 0.289. The minimum Gasteiger partial charge on any atom is -0.381 e. The third kappa shape index (κ3) is 2.16. The monoisotopic (exact) mass is 234 g/mol. The summed E-state index contributed by atoms with van der Waals surface area (Å²) in [4.78, 5) is 0. The fourth-order valence-corrected chi connectivity index (χ4v) is 1.86. The minimum atomic E-state index is -0.289. The van der Waals surface area contributed by atoms with Gasteiger partial charge in [-0.15, -0.1) is 0 Å². The van der Waals surface area contributed by atoms with Crippen LogP contribution < -0.4 is 5.73 Å². The zero-order chi connectivity index (χ0) is 12.4. The van der Waals surface area contributed by atoms with Crippen LogP contribution in [0.1, 0.15) is 24.5 Å². The average Bonchev–Trinajstić information content (AvgIpc) is 2.65. The lowest BCUT2D eigenvalue weighted by atomic mass is 10.0. The first-order valence-electron chi connectivity index (χ1n) is 5.64. The van der Waals surface area contributed by atoms with Crippen LogP contribution >= 0.6 is 0 Å². The molecule has 1 heterocycles. The zero-order valence-electron chi connectivity index (χ0n) is 9.96. The van der Waals surface area contributed by atoms with Gasteiger partial charge in [-0.25, -0.2) is 4.39 Å². The molecular formula is C13H15FN2O. The third-order valence-electron chi connectivity index (χ3n) is 2.76. The first-order chi connectivity index (χ1) is 8.13. The van der Waals surface area contributed by atoms with Crippen LogP contribution in [0.2, 0.25) is 0 Å². The summed E-state index contributed by atoms with van der Waals surface area (Å²) in [6, 6.07) is 4.60. The molecule has 0 bridgehead atoms. The van der Waals surface area contributed by atoms with E-state index < -0.39 is 0 Å². The van der Waals surface area contributed by atoms with E-state index in [1.807, 2.05) is 6.92 Å². The van der Waals surface area contributed by atoms with Crippen LogP contribution in [0.4, 0.5) is 10.2 Å². The van der Waals surface area contributed by atoms with Crippen molar-refractivity contribution in [2.75, 3.05) is 5.73 Å². The van der Waals surface area contributed by atoms with Gasteiger partial charge in [-0.2, -0.15) is 0 Å². The molecule has 2 rings (SSSR count). The maximum atomic E-state index is 13.3. The van der Waals surface area contributed by atoms with E-state index in [0.29, 0.717) is 11.6 Å². The zero-order valence-corrected chi connectivity index (χ0v) is 9.96. The van der Waals surface area contributed by atoms with Crippen molar-refractivity contribution in [2.45, 2.75) is 26.7 Å². The smallest absolute Gasteiger partial charge is 0.172 e. The highest BCUT2D eigenvalue weighted by Gasteiger charge is 2.17. The van der Waals surface area contributed by atoms with Gasteiger partial charge in [-0.3, -0.25) is 0 Å². The molecule has 0 atom stereocenters. The fourth-order valence-electron chi connectivity index (χ4n) is 1.86. The van der Waals surface area contributed by atoms with Crippen LogP contribution in [-0.2, 0) is 6.42 Å². The molecular weight excluding hydrogens is 219 g/mol. The molecule has 3 nitrogen and oxygen atoms in total. The van der Waals surface area contributed by atoms with Gasteiger partial charge in [0.25, 0.3) is 0 Å². The van der Waals surface area contributed by atoms with Crippen LogP contribution in [0.5, 0.6) is 0 Å². The number of nitrogens with zero attached hydrogens (tertiary/aromatic N) is 1. The molecule has 0 aliphatic heterocycles. The van der Waals surface area contributed by atoms with Gasteiger partial charge in [-0.1, -0.05) is 24.6 Å². The first kappa shape index (κ1) is 11.6. The van der Waals surface area contributed by atoms with Crippen molar-refractivity contribution in [3.05, 3.63) is 35.1 Å². The molecule has 0 spiro atoms. The maximum absolute atomic E-state index is 13.3. The number of nitrogen functional groups attached to an aromatic ring is 1. The molecule has 90 valence electrons. The van der Waals surface area contributed by atoms with Crippen LogP contribution in [0.3, 0.4) is 0 Å². The van der Waals surface area contributed by atoms with Gasteiger partial charge < -0.3 is 10.3 Å². The summed E-state index contributed by atoms with van der Waals surface area (Å²) in [6.07, 6.45) is 1.72. The van der Waals surface area contributed by atoms with E-state index in [1.165, 1.54) is 12.1 Å². The number of halogens is 1. The second-order valence-corrected chi connectivity index (χ2v) is 4.08. The second kappa shape index (κ2) is 4.57. The number of nitrogens with two attached hydrogens (primary N) is 1. The third-order valence-corrected chi connectivity index (χ3v) is 2.76. The van der Waals surface area contributed by atoms with Crippen LogP contribution in [0, 0.1) is 12.7 Å². The number of aryl methyl sites for hydroxylation is 1. The van der Waals surface area contributed by atoms with Crippen LogP contribution in [0.15, 0.2) is 22.7 Å². The van der Waals surface area contributed by atoms with E-state index in [-0.39, 0.29) is 5.82 Å². The standard InChI is InChI=1S/C13H15FN2O/c1-3-4-10-12(17-16-13(10)15)11-7-9(14)6-5-8(11)2/h5-7H,3-4H2,1-2H3,(H2,15,16). The van der Waals surface area contributed by atoms with Gasteiger partial charge >= 0.3 is 0 Å². The molecule has 1 aromatic carbocycles. The predicted octanol–water partition coefficient (Wildman–Crippen LogP) is 3.32. The van der Waals surface area contributed by atoms with Gasteiger partial charge in [0.05, 0.1) is 0 Å². The highest BCUT2D eigenvalue weighted by Crippen LogP contribution is 2.31. The summed E-state index contributed by atoms with van der Waals surface area (Å²) in [5.74, 6) is 0.690. The molecule has 0 aliphatic carbocycles. The number of aromatic nitrogens is 1. The average molecular weight is 234 g/mol. The SMILES string of the molecule is CCCc1c(N)noc1-c1cc(F)ccc1C. The molecule has 0 radical (unpaired) electrons. The van der Waals surface area contributed by atoms with Gasteiger partial charge in [0.2, 0.25) is 0 Å². The van der Waals surface area contributed by atoms with Crippen molar-refractivity contribution in [1.29, 1.82) is 0 Å². The molecule has 0 unspecified atom stereocenters. The van der Waals surface area contributed by atoms with E-state index in [2.05, 4.69) is 12.1 Å². The number of hydrogen-bond acceptors (Lipinski definition) is 3. The van der Waals surface area contributed by atoms with Crippen molar-refractivity contribution in [3.63, 3.8) is 0 Å². The molecule has 0 saturated carbocycles. The van der Waals surface area contributed by atoms with Crippen molar-refractivity contribution in [1.82, 2.24) is 5.16 Å². The van der Waals surface area contributed by atoms with Crippen molar-refractivity contribution >= 4 is 5.82 Å². The molecule has 1 aromatic heterocycles. The van der Waals surface area contributed by atoms with Crippen LogP contribution in [-0.4, -0.2) is 5.16 Å². The molecule has 0 aliphatic rings. The highest BCUT2D eigenvalue weighted by molar-refractivity contribution is 5.69. The van der Waals surface area contributed by atoms with E-state index >= 15 is 0 Å². The Morgan fingerprint density at radius 1 is 1.41 bits per heavy atom. The summed E-state index contributed by atoms with van der Waals surface area (Å²) >= 11 is 0. The molecule has 2 aromatic rings. The number of hydrogen-bond donors (Lipinski definition) is 1. The lowest BCUT2D eigenvalue weighted by Gasteiger charge is -2.04. The summed E-state index contributed by atoms with van der Waals surface area (Å²) < 4.78 is 18.5. The van der Waals surface area contributed by atoms with Gasteiger partial charge in [0.15, 0.2) is 11.6 Å². The lowest BCUT2D eigenvalue weighted by Crippen LogP contribution is -1.94. The normalized spacial score (nSPS) is 10.8. The number of benzene rings is 1. The summed E-state index contributed by atoms with van der Waals surface area (Å²) in [5.41, 5.74) is 8.28. The summed E-state index contributed by atoms with van der Waals surface area (Å²) in [7, 11) is 0. The van der Waals surface area contributed by atoms with E-state index in [9.17, 15) is 4.39 Å². The van der Waals surface area contributed by atoms with Gasteiger partial charge in [0, 0.05) is 11.1 Å². The first-order valence-corrected chi connectivity index (χ1v) is 5.64. The Morgan fingerprint density at radius 2 is 2.18 bits per heavy atom. The fraction of sp³-hybridized carbons (Fsp3) is 0.308. The predicted molar refractivity (Wildman–Crippen MR) is 65.0 cm³/mol. The Balaban J connectivity index is 2.56. The molecule has 0 fully saturated rings. The van der Waals surface area contributed by atoms with Gasteiger partial charge in [-0.05, 0) is 31.0 Å². The van der Waals surface area contributed by atoms with Crippen LogP contribution in [0.25, 0.3) is 11.3 Å². The Kier molecular flexibility index (Phi) is 3.13. The molecule has 0 amide bonds. The molecule has 2 N–H and O–H groups in total. The summed E-state index contributed by atoms with van der Waals surface area (Å²) in [5, 5.41) is 3.76. The summed E-state index contributed by atoms with van der Waals surface area (Å²) in [6.45, 7) is 3.96. The Hall–Kier alpha value is -1.84. The van der Waals surface area contributed by atoms with E-state index in [4.69, 9.17) is 10.3 Å². The lowest BCUT2D eigenvalue weighted by molar-refractivity contribution is 0.434. The quantitative estimate of drug-likeness (QED) is 0.886. The topological polar surface area (TPSA) is 52.0 Å². The maximum Gasteiger partial charge on any atom is 0.172 e. The van der Waals surface area contributed by atoms with Crippen molar-refractivity contribution < 1.29 is 8.91 Å². The molecule has 17 heavy (non-hydrogen) atoms. The number of rotatable bonds is 3. The highest BCUT2D eigenvalue weighted by atomic mass is 19.1. The van der Waals surface area contributed by atoms with Crippen molar-refractivity contribution in [2.24, 2.45) is 0 Å².